The number of rotatable bonds is 4. The van der Waals surface area contributed by atoms with Crippen molar-refractivity contribution in [3.63, 3.8) is 0 Å². The number of hydrogen-bond donors (Lipinski definition) is 1. The number of nitrogens with one attached hydrogen (secondary N) is 1. The van der Waals surface area contributed by atoms with Crippen molar-refractivity contribution < 1.29 is 9.53 Å². The molecule has 0 aliphatic heterocycles. The van der Waals surface area contributed by atoms with E-state index in [0.717, 1.165) is 12.8 Å². The fraction of sp³-hybridized carbons (Fsp3) is 0.571. The topological polar surface area (TPSA) is 51.2 Å². The van der Waals surface area contributed by atoms with Crippen LogP contribution in [0.3, 0.4) is 0 Å². The van der Waals surface area contributed by atoms with Crippen molar-refractivity contribution in [2.24, 2.45) is 0 Å². The number of hydrogen-bond acceptors (Lipinski definition) is 4. The molecule has 1 aromatic rings. The molecular formula is C14H20N2O2S. The zero-order chi connectivity index (χ0) is 13.7. The number of methoxy groups -OCH3 is 1. The van der Waals surface area contributed by atoms with Gasteiger partial charge in [-0.3, -0.25) is 4.79 Å². The van der Waals surface area contributed by atoms with Crippen LogP contribution in [-0.2, 0) is 0 Å². The van der Waals surface area contributed by atoms with Crippen LogP contribution in [-0.4, -0.2) is 35.5 Å². The van der Waals surface area contributed by atoms with E-state index < -0.39 is 0 Å². The normalized spacial score (nSPS) is 22.8. The van der Waals surface area contributed by atoms with Crippen LogP contribution in [0.2, 0.25) is 0 Å². The minimum Gasteiger partial charge on any atom is -0.480 e. The Bertz CT molecular complexity index is 439. The summed E-state index contributed by atoms with van der Waals surface area (Å²) in [5.74, 6) is 0.300. The molecule has 0 saturated heterocycles. The molecule has 2 atom stereocenters. The van der Waals surface area contributed by atoms with Crippen LogP contribution in [0.5, 0.6) is 5.88 Å². The smallest absolute Gasteiger partial charge is 0.256 e. The first kappa shape index (κ1) is 14.2. The van der Waals surface area contributed by atoms with E-state index in [9.17, 15) is 4.79 Å². The van der Waals surface area contributed by atoms with E-state index in [-0.39, 0.29) is 11.9 Å². The molecule has 0 unspecified atom stereocenters. The van der Waals surface area contributed by atoms with Crippen molar-refractivity contribution in [2.75, 3.05) is 13.4 Å². The van der Waals surface area contributed by atoms with Gasteiger partial charge in [-0.05, 0) is 37.7 Å². The Hall–Kier alpha value is -1.23. The van der Waals surface area contributed by atoms with Crippen LogP contribution < -0.4 is 10.1 Å². The van der Waals surface area contributed by atoms with E-state index >= 15 is 0 Å². The lowest BCUT2D eigenvalue weighted by Gasteiger charge is -2.28. The van der Waals surface area contributed by atoms with Crippen LogP contribution in [0.1, 0.15) is 36.0 Å². The first-order valence-corrected chi connectivity index (χ1v) is 7.86. The van der Waals surface area contributed by atoms with Crippen LogP contribution in [0, 0.1) is 0 Å². The zero-order valence-electron chi connectivity index (χ0n) is 11.4. The number of ether oxygens (including phenoxy) is 1. The number of aromatic nitrogens is 1. The molecule has 4 nitrogen and oxygen atoms in total. The van der Waals surface area contributed by atoms with E-state index in [2.05, 4.69) is 16.6 Å². The summed E-state index contributed by atoms with van der Waals surface area (Å²) in [6.07, 6.45) is 8.31. The van der Waals surface area contributed by atoms with E-state index in [4.69, 9.17) is 4.74 Å². The minimum absolute atomic E-state index is 0.0864. The van der Waals surface area contributed by atoms with E-state index in [1.165, 1.54) is 20.0 Å². The molecule has 0 bridgehead atoms. The van der Waals surface area contributed by atoms with Crippen LogP contribution >= 0.6 is 11.8 Å². The molecule has 104 valence electrons. The molecule has 1 aliphatic rings. The molecule has 2 rings (SSSR count). The number of thioether (sulfide) groups is 1. The Labute approximate surface area is 118 Å². The molecule has 1 saturated carbocycles. The highest BCUT2D eigenvalue weighted by Crippen LogP contribution is 2.27. The average molecular weight is 280 g/mol. The highest BCUT2D eigenvalue weighted by atomic mass is 32.2. The molecule has 19 heavy (non-hydrogen) atoms. The van der Waals surface area contributed by atoms with Crippen molar-refractivity contribution in [1.29, 1.82) is 0 Å². The molecule has 1 heterocycles. The molecule has 1 aromatic heterocycles. The highest BCUT2D eigenvalue weighted by molar-refractivity contribution is 7.99. The molecule has 1 fully saturated rings. The lowest BCUT2D eigenvalue weighted by Crippen LogP contribution is -2.39. The zero-order valence-corrected chi connectivity index (χ0v) is 12.2. The Balaban J connectivity index is 2.00. The summed E-state index contributed by atoms with van der Waals surface area (Å²) in [5, 5.41) is 3.76. The summed E-state index contributed by atoms with van der Waals surface area (Å²) in [5.41, 5.74) is 0.510. The first-order valence-electron chi connectivity index (χ1n) is 6.57. The summed E-state index contributed by atoms with van der Waals surface area (Å²) < 4.78 is 5.12. The Kier molecular flexibility index (Phi) is 5.07. The predicted molar refractivity (Wildman–Crippen MR) is 77.8 cm³/mol. The van der Waals surface area contributed by atoms with E-state index in [1.54, 1.807) is 18.3 Å². The van der Waals surface area contributed by atoms with Crippen molar-refractivity contribution in [3.05, 3.63) is 23.9 Å². The van der Waals surface area contributed by atoms with Gasteiger partial charge < -0.3 is 10.1 Å². The van der Waals surface area contributed by atoms with Crippen LogP contribution in [0.4, 0.5) is 0 Å². The molecule has 1 aliphatic carbocycles. The molecule has 5 heteroatoms. The Morgan fingerprint density at radius 2 is 2.37 bits per heavy atom. The van der Waals surface area contributed by atoms with E-state index in [0.29, 0.717) is 16.7 Å². The fourth-order valence-corrected chi connectivity index (χ4v) is 3.31. The fourth-order valence-electron chi connectivity index (χ4n) is 2.48. The molecular weight excluding hydrogens is 260 g/mol. The van der Waals surface area contributed by atoms with Crippen molar-refractivity contribution in [1.82, 2.24) is 10.3 Å². The third kappa shape index (κ3) is 3.62. The summed E-state index contributed by atoms with van der Waals surface area (Å²) in [4.78, 5) is 16.3. The van der Waals surface area contributed by atoms with Gasteiger partial charge in [0.1, 0.15) is 5.56 Å². The minimum atomic E-state index is -0.0864. The maximum Gasteiger partial charge on any atom is 0.256 e. The lowest BCUT2D eigenvalue weighted by molar-refractivity contribution is 0.0924. The van der Waals surface area contributed by atoms with Gasteiger partial charge in [0, 0.05) is 17.5 Å². The Morgan fingerprint density at radius 1 is 1.53 bits per heavy atom. The lowest BCUT2D eigenvalue weighted by atomic mass is 9.94. The molecule has 0 aromatic carbocycles. The second-order valence-corrected chi connectivity index (χ2v) is 5.89. The second-order valence-electron chi connectivity index (χ2n) is 4.75. The predicted octanol–water partition coefficient (Wildman–Crippen LogP) is 2.49. The van der Waals surface area contributed by atoms with Gasteiger partial charge in [0.2, 0.25) is 5.88 Å². The van der Waals surface area contributed by atoms with Gasteiger partial charge in [0.15, 0.2) is 0 Å². The van der Waals surface area contributed by atoms with Gasteiger partial charge >= 0.3 is 0 Å². The largest absolute Gasteiger partial charge is 0.480 e. The third-order valence-corrected chi connectivity index (χ3v) is 4.60. The number of amides is 1. The molecule has 1 amide bonds. The number of pyridine rings is 1. The Morgan fingerprint density at radius 3 is 3.11 bits per heavy atom. The van der Waals surface area contributed by atoms with Crippen molar-refractivity contribution in [3.8, 4) is 5.88 Å². The summed E-state index contributed by atoms with van der Waals surface area (Å²) >= 11 is 1.89. The van der Waals surface area contributed by atoms with Gasteiger partial charge in [0.05, 0.1) is 7.11 Å². The van der Waals surface area contributed by atoms with Gasteiger partial charge in [-0.1, -0.05) is 6.42 Å². The molecule has 0 radical (unpaired) electrons. The second kappa shape index (κ2) is 6.80. The summed E-state index contributed by atoms with van der Waals surface area (Å²) in [6, 6.07) is 3.77. The van der Waals surface area contributed by atoms with Crippen LogP contribution in [0.25, 0.3) is 0 Å². The quantitative estimate of drug-likeness (QED) is 0.920. The summed E-state index contributed by atoms with van der Waals surface area (Å²) in [6.45, 7) is 0. The standard InChI is InChI=1S/C14H20N2O2S/c1-18-14-12(7-4-8-15-14)13(17)16-10-5-3-6-11(9-10)19-2/h4,7-8,10-11H,3,5-6,9H2,1-2H3,(H,16,17)/t10-,11+/m0/s1. The van der Waals surface area contributed by atoms with Crippen LogP contribution in [0.15, 0.2) is 18.3 Å². The SMILES string of the molecule is COc1ncccc1C(=O)N[C@H]1CCC[C@@H](SC)C1. The molecule has 0 spiro atoms. The van der Waals surface area contributed by atoms with Gasteiger partial charge in [-0.15, -0.1) is 0 Å². The van der Waals surface area contributed by atoms with Gasteiger partial charge in [-0.2, -0.15) is 11.8 Å². The maximum absolute atomic E-state index is 12.2. The van der Waals surface area contributed by atoms with Crippen molar-refractivity contribution >= 4 is 17.7 Å². The number of carbonyl (C=O) groups is 1. The number of nitrogens with zero attached hydrogens (tertiary/aromatic N) is 1. The molecule has 1 N–H and O–H groups in total. The highest BCUT2D eigenvalue weighted by Gasteiger charge is 2.24. The monoisotopic (exact) mass is 280 g/mol. The maximum atomic E-state index is 12.2. The van der Waals surface area contributed by atoms with Crippen molar-refractivity contribution in [2.45, 2.75) is 37.0 Å². The summed E-state index contributed by atoms with van der Waals surface area (Å²) in [7, 11) is 1.53. The first-order chi connectivity index (χ1) is 9.24. The van der Waals surface area contributed by atoms with E-state index in [1.807, 2.05) is 11.8 Å². The van der Waals surface area contributed by atoms with Gasteiger partial charge in [-0.25, -0.2) is 4.98 Å². The third-order valence-electron chi connectivity index (χ3n) is 3.50. The number of carbonyl (C=O) groups excluding carboxylic acids is 1. The average Bonchev–Trinajstić information content (AvgIpc) is 2.47. The van der Waals surface area contributed by atoms with Gasteiger partial charge in [0.25, 0.3) is 5.91 Å².